The lowest BCUT2D eigenvalue weighted by Gasteiger charge is -2.28. The lowest BCUT2D eigenvalue weighted by molar-refractivity contribution is 0.0920. The van der Waals surface area contributed by atoms with Gasteiger partial charge < -0.3 is 10.6 Å². The zero-order valence-electron chi connectivity index (χ0n) is 10.9. The summed E-state index contributed by atoms with van der Waals surface area (Å²) in [4.78, 5) is 11.9. The van der Waals surface area contributed by atoms with E-state index >= 15 is 0 Å². The first kappa shape index (κ1) is 13.9. The van der Waals surface area contributed by atoms with Crippen LogP contribution in [-0.2, 0) is 0 Å². The molecule has 2 rings (SSSR count). The van der Waals surface area contributed by atoms with Crippen molar-refractivity contribution in [1.82, 2.24) is 10.6 Å². The first-order valence-corrected chi connectivity index (χ1v) is 6.53. The van der Waals surface area contributed by atoms with E-state index in [1.54, 1.807) is 0 Å². The van der Waals surface area contributed by atoms with Crippen LogP contribution in [0.4, 0.5) is 8.78 Å². The minimum atomic E-state index is -0.692. The van der Waals surface area contributed by atoms with Crippen molar-refractivity contribution in [2.75, 3.05) is 7.05 Å². The fourth-order valence-corrected chi connectivity index (χ4v) is 2.46. The Hall–Kier alpha value is -1.49. The molecule has 0 atom stereocenters. The third kappa shape index (κ3) is 3.50. The topological polar surface area (TPSA) is 41.1 Å². The molecule has 0 spiro atoms. The molecule has 1 aliphatic carbocycles. The highest BCUT2D eigenvalue weighted by molar-refractivity contribution is 5.94. The monoisotopic (exact) mass is 268 g/mol. The van der Waals surface area contributed by atoms with Gasteiger partial charge in [0.25, 0.3) is 5.91 Å². The third-order valence-corrected chi connectivity index (χ3v) is 3.64. The molecule has 1 saturated carbocycles. The summed E-state index contributed by atoms with van der Waals surface area (Å²) < 4.78 is 26.5. The van der Waals surface area contributed by atoms with Gasteiger partial charge in [-0.3, -0.25) is 4.79 Å². The van der Waals surface area contributed by atoms with E-state index in [9.17, 15) is 13.6 Å². The molecule has 2 N–H and O–H groups in total. The van der Waals surface area contributed by atoms with Gasteiger partial charge in [0, 0.05) is 12.1 Å². The Morgan fingerprint density at radius 2 is 1.79 bits per heavy atom. The van der Waals surface area contributed by atoms with Crippen molar-refractivity contribution in [3.63, 3.8) is 0 Å². The molecule has 1 aliphatic rings. The van der Waals surface area contributed by atoms with E-state index in [-0.39, 0.29) is 11.6 Å². The van der Waals surface area contributed by atoms with E-state index in [4.69, 9.17) is 0 Å². The van der Waals surface area contributed by atoms with Crippen LogP contribution in [-0.4, -0.2) is 25.0 Å². The number of carbonyl (C=O) groups excluding carboxylic acids is 1. The van der Waals surface area contributed by atoms with E-state index in [0.717, 1.165) is 43.9 Å². The Morgan fingerprint density at radius 1 is 1.16 bits per heavy atom. The molecule has 0 saturated heterocycles. The molecule has 1 fully saturated rings. The third-order valence-electron chi connectivity index (χ3n) is 3.64. The minimum Gasteiger partial charge on any atom is -0.349 e. The van der Waals surface area contributed by atoms with E-state index in [1.807, 2.05) is 7.05 Å². The Kier molecular flexibility index (Phi) is 4.47. The molecule has 1 aromatic rings. The quantitative estimate of drug-likeness (QED) is 0.882. The largest absolute Gasteiger partial charge is 0.349 e. The van der Waals surface area contributed by atoms with E-state index in [2.05, 4.69) is 10.6 Å². The lowest BCUT2D eigenvalue weighted by Crippen LogP contribution is -2.41. The average Bonchev–Trinajstić information content (AvgIpc) is 2.42. The van der Waals surface area contributed by atoms with E-state index in [0.29, 0.717) is 6.04 Å². The number of hydrogen-bond acceptors (Lipinski definition) is 2. The first-order valence-electron chi connectivity index (χ1n) is 6.53. The molecule has 0 unspecified atom stereocenters. The van der Waals surface area contributed by atoms with Crippen molar-refractivity contribution in [2.45, 2.75) is 37.8 Å². The second-order valence-electron chi connectivity index (χ2n) is 4.93. The highest BCUT2D eigenvalue weighted by Crippen LogP contribution is 2.19. The van der Waals surface area contributed by atoms with Crippen LogP contribution in [0.25, 0.3) is 0 Å². The number of carbonyl (C=O) groups is 1. The number of rotatable bonds is 3. The zero-order chi connectivity index (χ0) is 13.8. The smallest absolute Gasteiger partial charge is 0.254 e. The molecular weight excluding hydrogens is 250 g/mol. The molecular formula is C14H18F2N2O. The predicted molar refractivity (Wildman–Crippen MR) is 68.9 cm³/mol. The van der Waals surface area contributed by atoms with Crippen LogP contribution < -0.4 is 10.6 Å². The van der Waals surface area contributed by atoms with Crippen molar-refractivity contribution >= 4 is 5.91 Å². The molecule has 5 heteroatoms. The van der Waals surface area contributed by atoms with Gasteiger partial charge in [-0.15, -0.1) is 0 Å². The van der Waals surface area contributed by atoms with E-state index < -0.39 is 17.5 Å². The summed E-state index contributed by atoms with van der Waals surface area (Å²) >= 11 is 0. The summed E-state index contributed by atoms with van der Waals surface area (Å²) in [7, 11) is 1.92. The molecule has 0 heterocycles. The minimum absolute atomic E-state index is 0.0415. The molecule has 0 radical (unpaired) electrons. The Morgan fingerprint density at radius 3 is 2.42 bits per heavy atom. The van der Waals surface area contributed by atoms with Gasteiger partial charge >= 0.3 is 0 Å². The van der Waals surface area contributed by atoms with Gasteiger partial charge in [-0.25, -0.2) is 8.78 Å². The van der Waals surface area contributed by atoms with Gasteiger partial charge in [-0.2, -0.15) is 0 Å². The van der Waals surface area contributed by atoms with Crippen LogP contribution in [0.1, 0.15) is 36.0 Å². The first-order chi connectivity index (χ1) is 9.10. The van der Waals surface area contributed by atoms with Crippen LogP contribution in [0.3, 0.4) is 0 Å². The predicted octanol–water partition coefficient (Wildman–Crippen LogP) is 2.23. The number of benzene rings is 1. The highest BCUT2D eigenvalue weighted by Gasteiger charge is 2.22. The fourth-order valence-electron chi connectivity index (χ4n) is 2.46. The van der Waals surface area contributed by atoms with Crippen LogP contribution in [0.2, 0.25) is 0 Å². The summed E-state index contributed by atoms with van der Waals surface area (Å²) in [6.45, 7) is 0. The summed E-state index contributed by atoms with van der Waals surface area (Å²) in [6, 6.07) is 3.44. The SMILES string of the molecule is CNC1CCC(NC(=O)c2cc(F)ccc2F)CC1. The maximum Gasteiger partial charge on any atom is 0.254 e. The molecule has 0 aliphatic heterocycles. The molecule has 0 bridgehead atoms. The van der Waals surface area contributed by atoms with Gasteiger partial charge in [0.2, 0.25) is 0 Å². The standard InChI is InChI=1S/C14H18F2N2O/c1-17-10-3-5-11(6-4-10)18-14(19)12-8-9(15)2-7-13(12)16/h2,7-8,10-11,17H,3-6H2,1H3,(H,18,19). The summed E-state index contributed by atoms with van der Waals surface area (Å²) in [5, 5.41) is 5.98. The number of hydrogen-bond donors (Lipinski definition) is 2. The van der Waals surface area contributed by atoms with Crippen molar-refractivity contribution in [3.8, 4) is 0 Å². The fraction of sp³-hybridized carbons (Fsp3) is 0.500. The van der Waals surface area contributed by atoms with Crippen molar-refractivity contribution in [3.05, 3.63) is 35.4 Å². The molecule has 104 valence electrons. The molecule has 0 aromatic heterocycles. The second-order valence-corrected chi connectivity index (χ2v) is 4.93. The molecule has 1 aromatic carbocycles. The van der Waals surface area contributed by atoms with Gasteiger partial charge in [0.05, 0.1) is 5.56 Å². The Labute approximate surface area is 111 Å². The summed E-state index contributed by atoms with van der Waals surface area (Å²) in [5.74, 6) is -1.84. The molecule has 1 amide bonds. The van der Waals surface area contributed by atoms with Crippen LogP contribution in [0.15, 0.2) is 18.2 Å². The maximum absolute atomic E-state index is 13.5. The Bertz CT molecular complexity index is 457. The molecule has 3 nitrogen and oxygen atoms in total. The number of halogens is 2. The van der Waals surface area contributed by atoms with Gasteiger partial charge in [0.15, 0.2) is 0 Å². The van der Waals surface area contributed by atoms with Gasteiger partial charge in [0.1, 0.15) is 11.6 Å². The second kappa shape index (κ2) is 6.10. The number of amides is 1. The number of nitrogens with one attached hydrogen (secondary N) is 2. The zero-order valence-corrected chi connectivity index (χ0v) is 10.9. The van der Waals surface area contributed by atoms with Gasteiger partial charge in [-0.1, -0.05) is 0 Å². The van der Waals surface area contributed by atoms with Crippen LogP contribution >= 0.6 is 0 Å². The van der Waals surface area contributed by atoms with Crippen molar-refractivity contribution in [1.29, 1.82) is 0 Å². The van der Waals surface area contributed by atoms with Gasteiger partial charge in [-0.05, 0) is 50.9 Å². The highest BCUT2D eigenvalue weighted by atomic mass is 19.1. The lowest BCUT2D eigenvalue weighted by atomic mass is 9.91. The van der Waals surface area contributed by atoms with Crippen LogP contribution in [0.5, 0.6) is 0 Å². The summed E-state index contributed by atoms with van der Waals surface area (Å²) in [6.07, 6.45) is 3.67. The normalized spacial score (nSPS) is 23.1. The Balaban J connectivity index is 1.96. The van der Waals surface area contributed by atoms with E-state index in [1.165, 1.54) is 0 Å². The molecule has 19 heavy (non-hydrogen) atoms. The van der Waals surface area contributed by atoms with Crippen molar-refractivity contribution in [2.24, 2.45) is 0 Å². The average molecular weight is 268 g/mol. The van der Waals surface area contributed by atoms with Crippen molar-refractivity contribution < 1.29 is 13.6 Å². The summed E-state index contributed by atoms with van der Waals surface area (Å²) in [5.41, 5.74) is -0.226. The van der Waals surface area contributed by atoms with Crippen LogP contribution in [0, 0.1) is 11.6 Å². The maximum atomic E-state index is 13.5.